The lowest BCUT2D eigenvalue weighted by molar-refractivity contribution is 0.0526. The molecule has 2 heterocycles. The first-order valence-corrected chi connectivity index (χ1v) is 11.1. The van der Waals surface area contributed by atoms with Crippen molar-refractivity contribution in [3.8, 4) is 17.2 Å². The van der Waals surface area contributed by atoms with Crippen LogP contribution in [0.3, 0.4) is 0 Å². The summed E-state index contributed by atoms with van der Waals surface area (Å²) in [6.45, 7) is 3.60. The van der Waals surface area contributed by atoms with Crippen LogP contribution in [0.1, 0.15) is 44.6 Å². The van der Waals surface area contributed by atoms with Gasteiger partial charge in [0.05, 0.1) is 21.3 Å². The van der Waals surface area contributed by atoms with Crippen LogP contribution in [0, 0.1) is 0 Å². The minimum atomic E-state index is 0.486. The summed E-state index contributed by atoms with van der Waals surface area (Å²) in [6.07, 6.45) is 7.11. The van der Waals surface area contributed by atoms with E-state index >= 15 is 0 Å². The zero-order valence-corrected chi connectivity index (χ0v) is 19.2. The summed E-state index contributed by atoms with van der Waals surface area (Å²) in [5, 5.41) is 7.11. The van der Waals surface area contributed by atoms with Crippen molar-refractivity contribution in [2.45, 2.75) is 63.6 Å². The predicted octanol–water partition coefficient (Wildman–Crippen LogP) is 2.83. The lowest BCUT2D eigenvalue weighted by Gasteiger charge is -2.47. The number of nitrogens with one attached hydrogen (secondary N) is 2. The zero-order chi connectivity index (χ0) is 21.5. The Bertz CT molecular complexity index is 685. The summed E-state index contributed by atoms with van der Waals surface area (Å²) in [4.78, 5) is 7.44. The first-order chi connectivity index (χ1) is 14.6. The zero-order valence-electron chi connectivity index (χ0n) is 19.2. The van der Waals surface area contributed by atoms with E-state index in [-0.39, 0.29) is 0 Å². The van der Waals surface area contributed by atoms with Gasteiger partial charge < -0.3 is 29.7 Å². The van der Waals surface area contributed by atoms with Crippen LogP contribution in [0.2, 0.25) is 0 Å². The molecule has 0 radical (unpaired) electrons. The van der Waals surface area contributed by atoms with E-state index < -0.39 is 0 Å². The number of aliphatic imine (C=N–C) groups is 1. The molecule has 2 bridgehead atoms. The number of ether oxygens (including phenoxy) is 3. The highest BCUT2D eigenvalue weighted by Gasteiger charge is 2.36. The lowest BCUT2D eigenvalue weighted by atomic mass is 9.82. The molecule has 0 saturated carbocycles. The van der Waals surface area contributed by atoms with E-state index in [0.29, 0.717) is 24.7 Å². The number of nitrogens with zero attached hydrogens (tertiary/aromatic N) is 2. The van der Waals surface area contributed by atoms with Gasteiger partial charge in [0, 0.05) is 48.9 Å². The van der Waals surface area contributed by atoms with Crippen molar-refractivity contribution < 1.29 is 14.2 Å². The van der Waals surface area contributed by atoms with Crippen molar-refractivity contribution in [1.29, 1.82) is 0 Å². The van der Waals surface area contributed by atoms with E-state index in [1.54, 1.807) is 21.3 Å². The molecule has 2 atom stereocenters. The standard InChI is InChI=1S/C23H38N4O3/c1-6-24-23(26-16-12-17-8-7-9-18(13-16)27(17)2)25-11-10-20-21(29-4)14-19(28-3)15-22(20)30-5/h14-18H,6-13H2,1-5H3,(H2,24,25,26). The van der Waals surface area contributed by atoms with E-state index in [9.17, 15) is 0 Å². The summed E-state index contributed by atoms with van der Waals surface area (Å²) in [7, 11) is 7.27. The third-order valence-corrected chi connectivity index (χ3v) is 6.47. The van der Waals surface area contributed by atoms with Crippen LogP contribution in [-0.2, 0) is 6.42 Å². The first kappa shape index (κ1) is 22.5. The Labute approximate surface area is 181 Å². The van der Waals surface area contributed by atoms with Crippen LogP contribution in [0.15, 0.2) is 17.1 Å². The van der Waals surface area contributed by atoms with E-state index in [0.717, 1.165) is 41.7 Å². The number of hydrogen-bond acceptors (Lipinski definition) is 5. The second-order valence-corrected chi connectivity index (χ2v) is 8.24. The topological polar surface area (TPSA) is 67.4 Å². The molecule has 1 aromatic carbocycles. The molecule has 2 saturated heterocycles. The second-order valence-electron chi connectivity index (χ2n) is 8.24. The number of methoxy groups -OCH3 is 3. The first-order valence-electron chi connectivity index (χ1n) is 11.1. The monoisotopic (exact) mass is 418 g/mol. The minimum absolute atomic E-state index is 0.486. The molecule has 2 N–H and O–H groups in total. The Morgan fingerprint density at radius 1 is 1.07 bits per heavy atom. The molecule has 0 aromatic heterocycles. The fourth-order valence-electron chi connectivity index (χ4n) is 4.85. The largest absolute Gasteiger partial charge is 0.496 e. The third kappa shape index (κ3) is 5.31. The lowest BCUT2D eigenvalue weighted by Crippen LogP contribution is -2.56. The van der Waals surface area contributed by atoms with Gasteiger partial charge in [-0.25, -0.2) is 0 Å². The van der Waals surface area contributed by atoms with Crippen molar-refractivity contribution in [2.75, 3.05) is 41.5 Å². The van der Waals surface area contributed by atoms with Gasteiger partial charge in [-0.2, -0.15) is 0 Å². The molecule has 0 spiro atoms. The fraction of sp³-hybridized carbons (Fsp3) is 0.696. The van der Waals surface area contributed by atoms with Gasteiger partial charge in [0.15, 0.2) is 5.96 Å². The maximum absolute atomic E-state index is 5.56. The molecule has 2 aliphatic rings. The number of fused-ring (bicyclic) bond motifs is 2. The van der Waals surface area contributed by atoms with Gasteiger partial charge in [0.1, 0.15) is 17.2 Å². The molecule has 2 fully saturated rings. The summed E-state index contributed by atoms with van der Waals surface area (Å²) < 4.78 is 16.5. The highest BCUT2D eigenvalue weighted by molar-refractivity contribution is 5.80. The third-order valence-electron chi connectivity index (χ3n) is 6.47. The van der Waals surface area contributed by atoms with Crippen LogP contribution in [-0.4, -0.2) is 70.5 Å². The Hall–Kier alpha value is -2.15. The molecule has 7 heteroatoms. The smallest absolute Gasteiger partial charge is 0.191 e. The van der Waals surface area contributed by atoms with E-state index in [2.05, 4.69) is 29.5 Å². The molecule has 0 amide bonds. The Morgan fingerprint density at radius 3 is 2.23 bits per heavy atom. The molecule has 1 aromatic rings. The van der Waals surface area contributed by atoms with Gasteiger partial charge in [0.25, 0.3) is 0 Å². The molecule has 2 aliphatic heterocycles. The normalized spacial score (nSPS) is 24.3. The predicted molar refractivity (Wildman–Crippen MR) is 121 cm³/mol. The van der Waals surface area contributed by atoms with Gasteiger partial charge >= 0.3 is 0 Å². The maximum atomic E-state index is 5.56. The van der Waals surface area contributed by atoms with Crippen molar-refractivity contribution in [3.63, 3.8) is 0 Å². The highest BCUT2D eigenvalue weighted by atomic mass is 16.5. The Balaban J connectivity index is 1.66. The van der Waals surface area contributed by atoms with E-state index in [1.165, 1.54) is 32.1 Å². The van der Waals surface area contributed by atoms with Crippen molar-refractivity contribution in [1.82, 2.24) is 15.5 Å². The van der Waals surface area contributed by atoms with Crippen LogP contribution in [0.25, 0.3) is 0 Å². The van der Waals surface area contributed by atoms with Crippen LogP contribution < -0.4 is 24.8 Å². The average molecular weight is 419 g/mol. The molecule has 7 nitrogen and oxygen atoms in total. The highest BCUT2D eigenvalue weighted by Crippen LogP contribution is 2.34. The molecule has 30 heavy (non-hydrogen) atoms. The van der Waals surface area contributed by atoms with Crippen LogP contribution in [0.4, 0.5) is 0 Å². The summed E-state index contributed by atoms with van der Waals surface area (Å²) in [5.41, 5.74) is 1.01. The minimum Gasteiger partial charge on any atom is -0.496 e. The molecular formula is C23H38N4O3. The number of hydrogen-bond donors (Lipinski definition) is 2. The number of rotatable bonds is 8. The van der Waals surface area contributed by atoms with E-state index in [1.807, 2.05) is 12.1 Å². The van der Waals surface area contributed by atoms with Crippen LogP contribution >= 0.6 is 0 Å². The van der Waals surface area contributed by atoms with E-state index in [4.69, 9.17) is 19.2 Å². The maximum Gasteiger partial charge on any atom is 0.191 e. The number of benzene rings is 1. The quantitative estimate of drug-likeness (QED) is 0.500. The molecular weight excluding hydrogens is 380 g/mol. The fourth-order valence-corrected chi connectivity index (χ4v) is 4.85. The molecule has 0 aliphatic carbocycles. The van der Waals surface area contributed by atoms with Crippen molar-refractivity contribution in [2.24, 2.45) is 4.99 Å². The number of guanidine groups is 1. The molecule has 3 rings (SSSR count). The van der Waals surface area contributed by atoms with Crippen molar-refractivity contribution in [3.05, 3.63) is 17.7 Å². The summed E-state index contributed by atoms with van der Waals surface area (Å²) in [5.74, 6) is 3.15. The van der Waals surface area contributed by atoms with Gasteiger partial charge in [0.2, 0.25) is 0 Å². The number of piperidine rings is 2. The van der Waals surface area contributed by atoms with Crippen LogP contribution in [0.5, 0.6) is 17.2 Å². The van der Waals surface area contributed by atoms with Gasteiger partial charge in [-0.05, 0) is 46.1 Å². The Morgan fingerprint density at radius 2 is 1.70 bits per heavy atom. The SMILES string of the molecule is CCNC(=NCCc1c(OC)cc(OC)cc1OC)NC1CC2CCCC(C1)N2C. The summed E-state index contributed by atoms with van der Waals surface area (Å²) in [6, 6.07) is 5.67. The van der Waals surface area contributed by atoms with Gasteiger partial charge in [-0.3, -0.25) is 4.99 Å². The van der Waals surface area contributed by atoms with Crippen molar-refractivity contribution >= 4 is 5.96 Å². The van der Waals surface area contributed by atoms with Gasteiger partial charge in [-0.15, -0.1) is 0 Å². The average Bonchev–Trinajstić information content (AvgIpc) is 2.74. The molecule has 2 unspecified atom stereocenters. The van der Waals surface area contributed by atoms with Gasteiger partial charge in [-0.1, -0.05) is 6.42 Å². The molecule has 168 valence electrons. The summed E-state index contributed by atoms with van der Waals surface area (Å²) >= 11 is 0. The second kappa shape index (κ2) is 10.8. The Kier molecular flexibility index (Phi) is 8.08.